The van der Waals surface area contributed by atoms with Crippen molar-refractivity contribution in [1.82, 2.24) is 4.31 Å². The van der Waals surface area contributed by atoms with Crippen molar-refractivity contribution >= 4 is 15.7 Å². The molecule has 5 nitrogen and oxygen atoms in total. The lowest BCUT2D eigenvalue weighted by molar-refractivity contribution is 0.0647. The Labute approximate surface area is 140 Å². The van der Waals surface area contributed by atoms with Crippen molar-refractivity contribution in [3.8, 4) is 0 Å². The van der Waals surface area contributed by atoms with E-state index in [1.807, 2.05) is 32.0 Å². The van der Waals surface area contributed by atoms with Crippen LogP contribution in [0.2, 0.25) is 0 Å². The maximum absolute atomic E-state index is 12.9. The van der Waals surface area contributed by atoms with Crippen LogP contribution in [0.5, 0.6) is 0 Å². The number of nitrogens with zero attached hydrogens (tertiary/aromatic N) is 2. The number of anilines is 1. The molecule has 0 spiro atoms. The van der Waals surface area contributed by atoms with Crippen LogP contribution < -0.4 is 4.90 Å². The summed E-state index contributed by atoms with van der Waals surface area (Å²) in [6.07, 6.45) is 2.31. The van der Waals surface area contributed by atoms with E-state index in [4.69, 9.17) is 0 Å². The molecule has 1 fully saturated rings. The molecule has 0 saturated carbocycles. The lowest BCUT2D eigenvalue weighted by atomic mass is 9.77. The van der Waals surface area contributed by atoms with Gasteiger partial charge in [-0.2, -0.15) is 4.31 Å². The maximum Gasteiger partial charge on any atom is 0.243 e. The van der Waals surface area contributed by atoms with Crippen molar-refractivity contribution in [2.45, 2.75) is 38.0 Å². The number of hydrogen-bond donors (Lipinski definition) is 1. The third kappa shape index (κ3) is 3.54. The number of sulfonamides is 1. The Balaban J connectivity index is 2.25. The fourth-order valence-electron chi connectivity index (χ4n) is 3.20. The summed E-state index contributed by atoms with van der Waals surface area (Å²) < 4.78 is 27.4. The van der Waals surface area contributed by atoms with E-state index in [-0.39, 0.29) is 12.0 Å². The average Bonchev–Trinajstić information content (AvgIpc) is 2.54. The lowest BCUT2D eigenvalue weighted by Crippen LogP contribution is -2.44. The van der Waals surface area contributed by atoms with Crippen LogP contribution in [0, 0.1) is 12.3 Å². The fourth-order valence-corrected chi connectivity index (χ4v) is 4.67. The van der Waals surface area contributed by atoms with Crippen LogP contribution in [0.25, 0.3) is 0 Å². The summed E-state index contributed by atoms with van der Waals surface area (Å²) in [5.74, 6) is 0. The van der Waals surface area contributed by atoms with E-state index in [0.717, 1.165) is 17.7 Å². The quantitative estimate of drug-likeness (QED) is 0.893. The SMILES string of the molecule is CCC1(CO)CCN(S(=O)(=O)c2ccc(C)c(N(C)C)c2)CC1. The molecular weight excluding hydrogens is 312 g/mol. The molecule has 0 unspecified atom stereocenters. The van der Waals surface area contributed by atoms with Crippen LogP contribution in [0.4, 0.5) is 5.69 Å². The molecule has 6 heteroatoms. The van der Waals surface area contributed by atoms with E-state index in [0.29, 0.717) is 30.8 Å². The number of aliphatic hydroxyl groups excluding tert-OH is 1. The number of aliphatic hydroxyl groups is 1. The Hall–Kier alpha value is -1.11. The third-order valence-corrected chi connectivity index (χ3v) is 7.06. The second-order valence-corrected chi connectivity index (χ2v) is 8.70. The molecule has 1 aromatic carbocycles. The zero-order valence-electron chi connectivity index (χ0n) is 14.5. The van der Waals surface area contributed by atoms with Gasteiger partial charge in [-0.05, 0) is 49.3 Å². The van der Waals surface area contributed by atoms with E-state index in [1.165, 1.54) is 0 Å². The molecular formula is C17H28N2O3S. The summed E-state index contributed by atoms with van der Waals surface area (Å²) in [6.45, 7) is 5.11. The molecule has 1 aliphatic rings. The van der Waals surface area contributed by atoms with Gasteiger partial charge in [-0.3, -0.25) is 0 Å². The Bertz CT molecular complexity index is 642. The summed E-state index contributed by atoms with van der Waals surface area (Å²) in [6, 6.07) is 5.29. The first-order chi connectivity index (χ1) is 10.8. The van der Waals surface area contributed by atoms with Gasteiger partial charge in [-0.25, -0.2) is 8.42 Å². The Morgan fingerprint density at radius 2 is 1.87 bits per heavy atom. The molecule has 1 N–H and O–H groups in total. The van der Waals surface area contributed by atoms with Crippen molar-refractivity contribution in [2.24, 2.45) is 5.41 Å². The van der Waals surface area contributed by atoms with Gasteiger partial charge in [0.25, 0.3) is 0 Å². The third-order valence-electron chi connectivity index (χ3n) is 5.17. The van der Waals surface area contributed by atoms with Gasteiger partial charge in [0.15, 0.2) is 0 Å². The van der Waals surface area contributed by atoms with Crippen molar-refractivity contribution in [2.75, 3.05) is 38.7 Å². The van der Waals surface area contributed by atoms with E-state index >= 15 is 0 Å². The Morgan fingerprint density at radius 3 is 2.35 bits per heavy atom. The predicted octanol–water partition coefficient (Wildman–Crippen LogP) is 2.23. The smallest absolute Gasteiger partial charge is 0.243 e. The van der Waals surface area contributed by atoms with Crippen molar-refractivity contribution in [1.29, 1.82) is 0 Å². The van der Waals surface area contributed by atoms with Crippen molar-refractivity contribution in [3.63, 3.8) is 0 Å². The van der Waals surface area contributed by atoms with Crippen LogP contribution in [-0.4, -0.2) is 51.6 Å². The normalized spacial score (nSPS) is 18.8. The second-order valence-electron chi connectivity index (χ2n) is 6.76. The minimum atomic E-state index is -3.48. The molecule has 0 aromatic heterocycles. The number of rotatable bonds is 5. The lowest BCUT2D eigenvalue weighted by Gasteiger charge is -2.39. The van der Waals surface area contributed by atoms with Gasteiger partial charge in [0.1, 0.15) is 0 Å². The minimum Gasteiger partial charge on any atom is -0.396 e. The van der Waals surface area contributed by atoms with E-state index in [1.54, 1.807) is 16.4 Å². The van der Waals surface area contributed by atoms with Gasteiger partial charge in [0.2, 0.25) is 10.0 Å². The van der Waals surface area contributed by atoms with E-state index in [2.05, 4.69) is 6.92 Å². The summed E-state index contributed by atoms with van der Waals surface area (Å²) >= 11 is 0. The highest BCUT2D eigenvalue weighted by atomic mass is 32.2. The molecule has 0 radical (unpaired) electrons. The molecule has 23 heavy (non-hydrogen) atoms. The van der Waals surface area contributed by atoms with Crippen LogP contribution >= 0.6 is 0 Å². The maximum atomic E-state index is 12.9. The molecule has 130 valence electrons. The first-order valence-electron chi connectivity index (χ1n) is 8.15. The summed E-state index contributed by atoms with van der Waals surface area (Å²) in [5.41, 5.74) is 1.85. The highest BCUT2D eigenvalue weighted by Gasteiger charge is 2.37. The first kappa shape index (κ1) is 18.2. The summed E-state index contributed by atoms with van der Waals surface area (Å²) in [5, 5.41) is 9.60. The average molecular weight is 340 g/mol. The van der Waals surface area contributed by atoms with Gasteiger partial charge in [0.05, 0.1) is 4.90 Å². The predicted molar refractivity (Wildman–Crippen MR) is 93.3 cm³/mol. The van der Waals surface area contributed by atoms with Crippen molar-refractivity contribution in [3.05, 3.63) is 23.8 Å². The van der Waals surface area contributed by atoms with Gasteiger partial charge in [-0.1, -0.05) is 13.0 Å². The zero-order valence-corrected chi connectivity index (χ0v) is 15.4. The molecule has 0 amide bonds. The molecule has 0 bridgehead atoms. The molecule has 1 aromatic rings. The van der Waals surface area contributed by atoms with Gasteiger partial charge in [-0.15, -0.1) is 0 Å². The Morgan fingerprint density at radius 1 is 1.26 bits per heavy atom. The molecule has 0 aliphatic carbocycles. The van der Waals surface area contributed by atoms with Gasteiger partial charge >= 0.3 is 0 Å². The molecule has 1 aliphatic heterocycles. The second kappa shape index (κ2) is 6.79. The van der Waals surface area contributed by atoms with Crippen LogP contribution in [0.3, 0.4) is 0 Å². The standard InChI is InChI=1S/C17H28N2O3S/c1-5-17(13-20)8-10-19(11-9-17)23(21,22)15-7-6-14(2)16(12-15)18(3)4/h6-7,12,20H,5,8-11,13H2,1-4H3. The number of benzene rings is 1. The molecule has 0 atom stereocenters. The zero-order chi connectivity index (χ0) is 17.3. The molecule has 2 rings (SSSR count). The highest BCUT2D eigenvalue weighted by molar-refractivity contribution is 7.89. The molecule has 1 heterocycles. The number of hydrogen-bond acceptors (Lipinski definition) is 4. The largest absolute Gasteiger partial charge is 0.396 e. The fraction of sp³-hybridized carbons (Fsp3) is 0.647. The number of aryl methyl sites for hydroxylation is 1. The minimum absolute atomic E-state index is 0.117. The Kier molecular flexibility index (Phi) is 5.38. The van der Waals surface area contributed by atoms with Crippen LogP contribution in [0.15, 0.2) is 23.1 Å². The van der Waals surface area contributed by atoms with E-state index in [9.17, 15) is 13.5 Å². The van der Waals surface area contributed by atoms with Gasteiger partial charge < -0.3 is 10.0 Å². The van der Waals surface area contributed by atoms with Crippen molar-refractivity contribution < 1.29 is 13.5 Å². The highest BCUT2D eigenvalue weighted by Crippen LogP contribution is 2.36. The van der Waals surface area contributed by atoms with Crippen LogP contribution in [0.1, 0.15) is 31.7 Å². The summed E-state index contributed by atoms with van der Waals surface area (Å²) in [4.78, 5) is 2.28. The molecule has 1 saturated heterocycles. The topological polar surface area (TPSA) is 60.9 Å². The van der Waals surface area contributed by atoms with Crippen LogP contribution in [-0.2, 0) is 10.0 Å². The number of piperidine rings is 1. The van der Waals surface area contributed by atoms with E-state index < -0.39 is 10.0 Å². The first-order valence-corrected chi connectivity index (χ1v) is 9.59. The van der Waals surface area contributed by atoms with Gasteiger partial charge in [0, 0.05) is 39.5 Å². The monoisotopic (exact) mass is 340 g/mol. The summed E-state index contributed by atoms with van der Waals surface area (Å²) in [7, 11) is 0.350.